The molecule has 2 aromatic rings. The van der Waals surface area contributed by atoms with Crippen molar-refractivity contribution in [1.29, 1.82) is 0 Å². The molecule has 0 saturated carbocycles. The zero-order valence-electron chi connectivity index (χ0n) is 13.0. The zero-order chi connectivity index (χ0) is 15.2. The maximum Gasteiger partial charge on any atom is 0.0525 e. The van der Waals surface area contributed by atoms with Crippen molar-refractivity contribution in [1.82, 2.24) is 4.90 Å². The van der Waals surface area contributed by atoms with E-state index in [9.17, 15) is 0 Å². The lowest BCUT2D eigenvalue weighted by atomic mass is 9.72. The average Bonchev–Trinajstić information content (AvgIpc) is 2.60. The first kappa shape index (κ1) is 13.4. The monoisotopic (exact) mass is 287 g/mol. The minimum absolute atomic E-state index is 0.0558. The highest BCUT2D eigenvalue weighted by atomic mass is 15.2. The molecule has 2 aromatic carbocycles. The highest BCUT2D eigenvalue weighted by molar-refractivity contribution is 5.73. The fourth-order valence-corrected chi connectivity index (χ4v) is 3.99. The topological polar surface area (TPSA) is 3.24 Å². The summed E-state index contributed by atoms with van der Waals surface area (Å²) in [7, 11) is 0. The van der Waals surface area contributed by atoms with E-state index in [0.717, 1.165) is 19.5 Å². The Morgan fingerprint density at radius 1 is 1.14 bits per heavy atom. The largest absolute Gasteiger partial charge is 0.366 e. The molecule has 0 fully saturated rings. The van der Waals surface area contributed by atoms with E-state index in [-0.39, 0.29) is 5.41 Å². The van der Waals surface area contributed by atoms with E-state index < -0.39 is 0 Å². The number of hydrogen-bond acceptors (Lipinski definition) is 1. The molecule has 4 rings (SSSR count). The van der Waals surface area contributed by atoms with Crippen LogP contribution in [0.3, 0.4) is 0 Å². The quantitative estimate of drug-likeness (QED) is 0.768. The molecule has 22 heavy (non-hydrogen) atoms. The summed E-state index contributed by atoms with van der Waals surface area (Å²) in [5, 5.41) is 2.71. The summed E-state index contributed by atoms with van der Waals surface area (Å²) in [6, 6.07) is 17.6. The summed E-state index contributed by atoms with van der Waals surface area (Å²) in [6.45, 7) is 8.43. The van der Waals surface area contributed by atoms with Crippen molar-refractivity contribution < 1.29 is 0 Å². The molecule has 0 amide bonds. The summed E-state index contributed by atoms with van der Waals surface area (Å²) in [6.07, 6.45) is 5.58. The Labute approximate surface area is 131 Å². The third-order valence-electron chi connectivity index (χ3n) is 5.28. The molecule has 1 atom stereocenters. The smallest absolute Gasteiger partial charge is 0.0525 e. The number of rotatable bonds is 2. The second kappa shape index (κ2) is 4.88. The van der Waals surface area contributed by atoms with Crippen LogP contribution in [0.4, 0.5) is 0 Å². The zero-order valence-corrected chi connectivity index (χ0v) is 13.0. The van der Waals surface area contributed by atoms with Crippen LogP contribution < -0.4 is 10.4 Å². The van der Waals surface area contributed by atoms with Crippen LogP contribution >= 0.6 is 0 Å². The Kier molecular flexibility index (Phi) is 2.97. The van der Waals surface area contributed by atoms with Gasteiger partial charge in [0.1, 0.15) is 0 Å². The molecule has 0 spiro atoms. The molecule has 1 heteroatoms. The number of benzene rings is 2. The molecule has 2 heterocycles. The van der Waals surface area contributed by atoms with Crippen molar-refractivity contribution >= 4 is 11.8 Å². The molecular formula is C21H21N. The third kappa shape index (κ3) is 1.72. The first-order valence-electron chi connectivity index (χ1n) is 8.07. The molecule has 0 N–H and O–H groups in total. The molecule has 1 unspecified atom stereocenters. The van der Waals surface area contributed by atoms with Crippen LogP contribution in [0.15, 0.2) is 61.2 Å². The lowest BCUT2D eigenvalue weighted by Gasteiger charge is -2.45. The lowest BCUT2D eigenvalue weighted by molar-refractivity contribution is 0.322. The Hall–Kier alpha value is -2.28. The molecule has 0 saturated heterocycles. The van der Waals surface area contributed by atoms with E-state index in [2.05, 4.69) is 79.1 Å². The van der Waals surface area contributed by atoms with Gasteiger partial charge in [0.25, 0.3) is 0 Å². The van der Waals surface area contributed by atoms with Gasteiger partial charge < -0.3 is 4.90 Å². The molecule has 0 aliphatic carbocycles. The van der Waals surface area contributed by atoms with Crippen molar-refractivity contribution in [2.24, 2.45) is 0 Å². The standard InChI is InChI=1S/C21H21N/c1-3-21(4-2)15-22-14-13-16-9-5-6-10-17(16)20(22)18-11-7-8-12-19(18)21/h3,5-13H,1,4,14-15H2,2H3. The third-order valence-corrected chi connectivity index (χ3v) is 5.28. The van der Waals surface area contributed by atoms with E-state index >= 15 is 0 Å². The Morgan fingerprint density at radius 2 is 1.91 bits per heavy atom. The van der Waals surface area contributed by atoms with Crippen LogP contribution in [0.5, 0.6) is 0 Å². The first-order valence-corrected chi connectivity index (χ1v) is 8.07. The highest BCUT2D eigenvalue weighted by Gasteiger charge is 2.38. The summed E-state index contributed by atoms with van der Waals surface area (Å²) in [5.74, 6) is 0. The van der Waals surface area contributed by atoms with E-state index in [0.29, 0.717) is 0 Å². The van der Waals surface area contributed by atoms with E-state index in [1.165, 1.54) is 27.3 Å². The minimum atomic E-state index is 0.0558. The molecule has 2 aliphatic rings. The molecule has 0 radical (unpaired) electrons. The second-order valence-electron chi connectivity index (χ2n) is 6.28. The maximum absolute atomic E-state index is 4.16. The van der Waals surface area contributed by atoms with E-state index in [1.807, 2.05) is 0 Å². The summed E-state index contributed by atoms with van der Waals surface area (Å²) >= 11 is 0. The molecule has 110 valence electrons. The van der Waals surface area contributed by atoms with Gasteiger partial charge in [0, 0.05) is 29.3 Å². The van der Waals surface area contributed by atoms with Crippen LogP contribution in [-0.4, -0.2) is 18.0 Å². The molecule has 0 bridgehead atoms. The minimum Gasteiger partial charge on any atom is -0.366 e. The summed E-state index contributed by atoms with van der Waals surface area (Å²) in [5.41, 5.74) is 4.24. The van der Waals surface area contributed by atoms with Gasteiger partial charge in [-0.25, -0.2) is 0 Å². The predicted molar refractivity (Wildman–Crippen MR) is 92.8 cm³/mol. The molecule has 1 nitrogen and oxygen atoms in total. The lowest BCUT2D eigenvalue weighted by Crippen LogP contribution is -2.49. The number of fused-ring (bicyclic) bond motifs is 4. The van der Waals surface area contributed by atoms with Crippen LogP contribution in [-0.2, 0) is 5.41 Å². The fourth-order valence-electron chi connectivity index (χ4n) is 3.99. The Bertz CT molecular complexity index is 861. The van der Waals surface area contributed by atoms with Gasteiger partial charge in [0.2, 0.25) is 0 Å². The van der Waals surface area contributed by atoms with Crippen molar-refractivity contribution in [2.45, 2.75) is 18.8 Å². The predicted octanol–water partition coefficient (Wildman–Crippen LogP) is 2.79. The van der Waals surface area contributed by atoms with Gasteiger partial charge in [-0.05, 0) is 17.2 Å². The van der Waals surface area contributed by atoms with Gasteiger partial charge in [-0.2, -0.15) is 0 Å². The number of nitrogens with zero attached hydrogens (tertiary/aromatic N) is 1. The van der Waals surface area contributed by atoms with Gasteiger partial charge in [-0.3, -0.25) is 0 Å². The van der Waals surface area contributed by atoms with Gasteiger partial charge >= 0.3 is 0 Å². The van der Waals surface area contributed by atoms with Crippen molar-refractivity contribution in [3.05, 3.63) is 82.8 Å². The first-order chi connectivity index (χ1) is 10.8. The van der Waals surface area contributed by atoms with Crippen molar-refractivity contribution in [3.8, 4) is 0 Å². The molecule has 2 aliphatic heterocycles. The molecule has 0 aromatic heterocycles. The summed E-state index contributed by atoms with van der Waals surface area (Å²) in [4.78, 5) is 2.52. The Balaban J connectivity index is 2.11. The number of hydrogen-bond donors (Lipinski definition) is 0. The van der Waals surface area contributed by atoms with Gasteiger partial charge in [-0.15, -0.1) is 6.58 Å². The van der Waals surface area contributed by atoms with Crippen molar-refractivity contribution in [2.75, 3.05) is 13.1 Å². The van der Waals surface area contributed by atoms with Crippen LogP contribution in [0.1, 0.15) is 24.5 Å². The van der Waals surface area contributed by atoms with Crippen LogP contribution in [0.2, 0.25) is 0 Å². The summed E-state index contributed by atoms with van der Waals surface area (Å²) < 4.78 is 0. The Morgan fingerprint density at radius 3 is 2.73 bits per heavy atom. The normalized spacial score (nSPS) is 22.2. The van der Waals surface area contributed by atoms with Crippen LogP contribution in [0.25, 0.3) is 11.8 Å². The SMILES string of the molecule is C=CC1(CC)CN2CC=c3ccccc3=C2c2ccccc21. The van der Waals surface area contributed by atoms with Gasteiger partial charge in [-0.1, -0.05) is 67.6 Å². The fraction of sp³-hybridized carbons (Fsp3) is 0.238. The second-order valence-corrected chi connectivity index (χ2v) is 6.28. The highest BCUT2D eigenvalue weighted by Crippen LogP contribution is 2.41. The maximum atomic E-state index is 4.16. The van der Waals surface area contributed by atoms with Gasteiger partial charge in [0.15, 0.2) is 0 Å². The van der Waals surface area contributed by atoms with E-state index in [1.54, 1.807) is 0 Å². The molecular weight excluding hydrogens is 266 g/mol. The van der Waals surface area contributed by atoms with Gasteiger partial charge in [0.05, 0.1) is 5.70 Å². The average molecular weight is 287 g/mol. The van der Waals surface area contributed by atoms with E-state index in [4.69, 9.17) is 0 Å². The van der Waals surface area contributed by atoms with Crippen molar-refractivity contribution in [3.63, 3.8) is 0 Å². The van der Waals surface area contributed by atoms with Crippen LogP contribution in [0, 0.1) is 0 Å².